The van der Waals surface area contributed by atoms with Crippen molar-refractivity contribution in [2.24, 2.45) is 5.92 Å². The second-order valence-corrected chi connectivity index (χ2v) is 3.69. The van der Waals surface area contributed by atoms with Crippen molar-refractivity contribution in [2.45, 2.75) is 19.6 Å². The zero-order chi connectivity index (χ0) is 10.1. The van der Waals surface area contributed by atoms with Gasteiger partial charge < -0.3 is 9.47 Å². The average Bonchev–Trinajstić information content (AvgIpc) is 2.67. The number of ether oxygens (including phenoxy) is 2. The maximum Gasteiger partial charge on any atom is 0.181 e. The number of rotatable bonds is 3. The van der Waals surface area contributed by atoms with Gasteiger partial charge in [0, 0.05) is 12.3 Å². The van der Waals surface area contributed by atoms with E-state index < -0.39 is 0 Å². The van der Waals surface area contributed by atoms with Crippen molar-refractivity contribution in [1.82, 2.24) is 0 Å². The first-order valence-electron chi connectivity index (χ1n) is 4.82. The Kier molecular flexibility index (Phi) is 2.52. The fourth-order valence-electron chi connectivity index (χ4n) is 2.06. The number of ketones is 1. The normalized spacial score (nSPS) is 31.1. The molecule has 1 saturated heterocycles. The average molecular weight is 194 g/mol. The van der Waals surface area contributed by atoms with Crippen LogP contribution >= 0.6 is 0 Å². The van der Waals surface area contributed by atoms with Gasteiger partial charge in [-0.25, -0.2) is 0 Å². The van der Waals surface area contributed by atoms with Gasteiger partial charge in [-0.3, -0.25) is 4.79 Å². The Bertz CT molecular complexity index is 304. The van der Waals surface area contributed by atoms with Crippen LogP contribution in [0.4, 0.5) is 0 Å². The first-order valence-corrected chi connectivity index (χ1v) is 4.82. The summed E-state index contributed by atoms with van der Waals surface area (Å²) in [6, 6.07) is 0. The molecule has 2 rings (SSSR count). The largest absolute Gasteiger partial charge is 0.348 e. The van der Waals surface area contributed by atoms with E-state index in [1.807, 2.05) is 6.92 Å². The Labute approximate surface area is 83.4 Å². The van der Waals surface area contributed by atoms with Crippen LogP contribution in [0.15, 0.2) is 23.8 Å². The number of allylic oxidation sites excluding steroid dienone is 1. The predicted octanol–water partition coefficient (Wildman–Crippen LogP) is 1.45. The third kappa shape index (κ3) is 1.42. The first kappa shape index (κ1) is 9.62. The van der Waals surface area contributed by atoms with Gasteiger partial charge in [-0.15, -0.1) is 6.58 Å². The van der Waals surface area contributed by atoms with Crippen LogP contribution in [0.25, 0.3) is 0 Å². The number of Topliss-reactive ketones (excluding diaryl/α,β-unsaturated/α-hetero) is 1. The minimum absolute atomic E-state index is 0.237. The standard InChI is InChI=1S/C11H14O3/c1-3-4-13-11-10-7(2)9(12)5-8(10)6-14-11/h3,8,11H,1,4-6H2,2H3/t8-,11-/m0/s1. The van der Waals surface area contributed by atoms with Crippen LogP contribution in [-0.2, 0) is 14.3 Å². The van der Waals surface area contributed by atoms with Crippen molar-refractivity contribution >= 4 is 5.78 Å². The molecule has 0 unspecified atom stereocenters. The molecular weight excluding hydrogens is 180 g/mol. The molecule has 0 saturated carbocycles. The second-order valence-electron chi connectivity index (χ2n) is 3.69. The van der Waals surface area contributed by atoms with Gasteiger partial charge in [0.1, 0.15) is 0 Å². The highest BCUT2D eigenvalue weighted by Crippen LogP contribution is 2.38. The van der Waals surface area contributed by atoms with Gasteiger partial charge in [0.05, 0.1) is 13.2 Å². The molecule has 0 N–H and O–H groups in total. The van der Waals surface area contributed by atoms with Gasteiger partial charge in [-0.05, 0) is 18.1 Å². The van der Waals surface area contributed by atoms with E-state index in [-0.39, 0.29) is 18.0 Å². The molecule has 1 aliphatic heterocycles. The molecule has 0 aromatic rings. The number of carbonyl (C=O) groups excluding carboxylic acids is 1. The molecule has 0 aromatic carbocycles. The molecule has 1 aliphatic carbocycles. The lowest BCUT2D eigenvalue weighted by atomic mass is 10.0. The van der Waals surface area contributed by atoms with Crippen LogP contribution in [0.1, 0.15) is 13.3 Å². The summed E-state index contributed by atoms with van der Waals surface area (Å²) in [5.74, 6) is 0.498. The molecule has 3 heteroatoms. The third-order valence-electron chi connectivity index (χ3n) is 2.79. The van der Waals surface area contributed by atoms with Crippen molar-refractivity contribution in [3.63, 3.8) is 0 Å². The Morgan fingerprint density at radius 3 is 3.21 bits per heavy atom. The minimum atomic E-state index is -0.315. The lowest BCUT2D eigenvalue weighted by Gasteiger charge is -2.11. The summed E-state index contributed by atoms with van der Waals surface area (Å²) < 4.78 is 10.9. The highest BCUT2D eigenvalue weighted by Gasteiger charge is 2.40. The van der Waals surface area contributed by atoms with Crippen LogP contribution < -0.4 is 0 Å². The molecule has 76 valence electrons. The predicted molar refractivity (Wildman–Crippen MR) is 51.7 cm³/mol. The smallest absolute Gasteiger partial charge is 0.181 e. The Morgan fingerprint density at radius 1 is 1.71 bits per heavy atom. The topological polar surface area (TPSA) is 35.5 Å². The van der Waals surface area contributed by atoms with E-state index in [4.69, 9.17) is 9.47 Å². The quantitative estimate of drug-likeness (QED) is 0.638. The van der Waals surface area contributed by atoms with Gasteiger partial charge >= 0.3 is 0 Å². The zero-order valence-electron chi connectivity index (χ0n) is 8.29. The van der Waals surface area contributed by atoms with E-state index in [0.29, 0.717) is 19.6 Å². The van der Waals surface area contributed by atoms with Crippen molar-refractivity contribution in [3.05, 3.63) is 23.8 Å². The van der Waals surface area contributed by atoms with Crippen LogP contribution in [0.5, 0.6) is 0 Å². The molecule has 0 aromatic heterocycles. The molecule has 14 heavy (non-hydrogen) atoms. The number of fused-ring (bicyclic) bond motifs is 1. The molecule has 0 spiro atoms. The van der Waals surface area contributed by atoms with Crippen molar-refractivity contribution in [1.29, 1.82) is 0 Å². The molecule has 0 bridgehead atoms. The van der Waals surface area contributed by atoms with E-state index in [1.165, 1.54) is 0 Å². The monoisotopic (exact) mass is 194 g/mol. The number of hydrogen-bond donors (Lipinski definition) is 0. The first-order chi connectivity index (χ1) is 6.74. The summed E-state index contributed by atoms with van der Waals surface area (Å²) in [5.41, 5.74) is 1.89. The SMILES string of the molecule is C=CCO[C@H]1OC[C@@H]2CC(=O)C(C)=C21. The highest BCUT2D eigenvalue weighted by molar-refractivity contribution is 5.98. The summed E-state index contributed by atoms with van der Waals surface area (Å²) in [4.78, 5) is 11.4. The van der Waals surface area contributed by atoms with Crippen LogP contribution in [0.2, 0.25) is 0 Å². The van der Waals surface area contributed by atoms with Gasteiger partial charge in [-0.1, -0.05) is 6.08 Å². The van der Waals surface area contributed by atoms with Gasteiger partial charge in [-0.2, -0.15) is 0 Å². The number of hydrogen-bond acceptors (Lipinski definition) is 3. The Hall–Kier alpha value is -0.930. The fraction of sp³-hybridized carbons (Fsp3) is 0.545. The van der Waals surface area contributed by atoms with E-state index in [0.717, 1.165) is 11.1 Å². The van der Waals surface area contributed by atoms with Gasteiger partial charge in [0.2, 0.25) is 0 Å². The minimum Gasteiger partial charge on any atom is -0.348 e. The van der Waals surface area contributed by atoms with Crippen molar-refractivity contribution < 1.29 is 14.3 Å². The van der Waals surface area contributed by atoms with Crippen LogP contribution in [-0.4, -0.2) is 25.3 Å². The molecular formula is C11H14O3. The maximum atomic E-state index is 11.4. The fourth-order valence-corrected chi connectivity index (χ4v) is 2.06. The van der Waals surface area contributed by atoms with Gasteiger partial charge in [0.15, 0.2) is 12.1 Å². The zero-order valence-corrected chi connectivity index (χ0v) is 8.29. The molecule has 2 atom stereocenters. The summed E-state index contributed by atoms with van der Waals surface area (Å²) in [6.07, 6.45) is 1.96. The molecule has 1 fully saturated rings. The summed E-state index contributed by atoms with van der Waals surface area (Å²) >= 11 is 0. The third-order valence-corrected chi connectivity index (χ3v) is 2.79. The van der Waals surface area contributed by atoms with E-state index >= 15 is 0 Å². The van der Waals surface area contributed by atoms with E-state index in [1.54, 1.807) is 6.08 Å². The second kappa shape index (κ2) is 3.67. The molecule has 3 nitrogen and oxygen atoms in total. The van der Waals surface area contributed by atoms with Crippen molar-refractivity contribution in [3.8, 4) is 0 Å². The highest BCUT2D eigenvalue weighted by atomic mass is 16.7. The maximum absolute atomic E-state index is 11.4. The lowest BCUT2D eigenvalue weighted by molar-refractivity contribution is -0.116. The molecule has 0 amide bonds. The summed E-state index contributed by atoms with van der Waals surface area (Å²) in [7, 11) is 0. The van der Waals surface area contributed by atoms with E-state index in [9.17, 15) is 4.79 Å². The van der Waals surface area contributed by atoms with E-state index in [2.05, 4.69) is 6.58 Å². The Morgan fingerprint density at radius 2 is 2.50 bits per heavy atom. The molecule has 0 radical (unpaired) electrons. The Balaban J connectivity index is 2.14. The summed E-state index contributed by atoms with van der Waals surface area (Å²) in [6.45, 7) is 6.51. The molecule has 2 aliphatic rings. The summed E-state index contributed by atoms with van der Waals surface area (Å²) in [5, 5.41) is 0. The van der Waals surface area contributed by atoms with Crippen molar-refractivity contribution in [2.75, 3.05) is 13.2 Å². The lowest BCUT2D eigenvalue weighted by Crippen LogP contribution is -2.14. The van der Waals surface area contributed by atoms with Crippen LogP contribution in [0, 0.1) is 5.92 Å². The molecule has 1 heterocycles. The van der Waals surface area contributed by atoms with Gasteiger partial charge in [0.25, 0.3) is 0 Å². The number of carbonyl (C=O) groups is 1. The van der Waals surface area contributed by atoms with Crippen LogP contribution in [0.3, 0.4) is 0 Å².